The van der Waals surface area contributed by atoms with E-state index in [-0.39, 0.29) is 0 Å². The summed E-state index contributed by atoms with van der Waals surface area (Å²) in [6.07, 6.45) is 8.74. The van der Waals surface area contributed by atoms with Gasteiger partial charge in [0.05, 0.1) is 0 Å². The molecular formula is C22H44. The highest BCUT2D eigenvalue weighted by Gasteiger charge is 2.52. The molecule has 0 saturated heterocycles. The van der Waals surface area contributed by atoms with Crippen LogP contribution in [0.5, 0.6) is 0 Å². The maximum Gasteiger partial charge on any atom is -0.0266 e. The molecule has 22 heavy (non-hydrogen) atoms. The molecule has 2 rings (SSSR count). The fourth-order valence-electron chi connectivity index (χ4n) is 5.29. The van der Waals surface area contributed by atoms with E-state index in [9.17, 15) is 0 Å². The van der Waals surface area contributed by atoms with Crippen LogP contribution in [-0.2, 0) is 0 Å². The van der Waals surface area contributed by atoms with Crippen molar-refractivity contribution in [1.29, 1.82) is 0 Å². The van der Waals surface area contributed by atoms with E-state index in [0.717, 1.165) is 29.6 Å². The van der Waals surface area contributed by atoms with Gasteiger partial charge in [-0.25, -0.2) is 0 Å². The van der Waals surface area contributed by atoms with Crippen LogP contribution in [0.4, 0.5) is 0 Å². The van der Waals surface area contributed by atoms with Gasteiger partial charge in [0.2, 0.25) is 0 Å². The van der Waals surface area contributed by atoms with Crippen molar-refractivity contribution < 1.29 is 0 Å². The van der Waals surface area contributed by atoms with Crippen molar-refractivity contribution in [2.24, 2.45) is 40.4 Å². The molecule has 6 atom stereocenters. The molecule has 0 heteroatoms. The monoisotopic (exact) mass is 308 g/mol. The van der Waals surface area contributed by atoms with Crippen LogP contribution in [-0.4, -0.2) is 0 Å². The maximum absolute atomic E-state index is 2.64. The van der Waals surface area contributed by atoms with Gasteiger partial charge in [-0.05, 0) is 66.1 Å². The summed E-state index contributed by atoms with van der Waals surface area (Å²) >= 11 is 0. The van der Waals surface area contributed by atoms with Crippen LogP contribution in [0.2, 0.25) is 0 Å². The van der Waals surface area contributed by atoms with E-state index in [1.807, 2.05) is 13.8 Å². The molecular weight excluding hydrogens is 264 g/mol. The van der Waals surface area contributed by atoms with Gasteiger partial charge in [-0.1, -0.05) is 75.2 Å². The van der Waals surface area contributed by atoms with Crippen LogP contribution >= 0.6 is 0 Å². The molecule has 0 N–H and O–H groups in total. The molecule has 2 aliphatic carbocycles. The van der Waals surface area contributed by atoms with Gasteiger partial charge in [-0.15, -0.1) is 0 Å². The summed E-state index contributed by atoms with van der Waals surface area (Å²) in [7, 11) is 0. The van der Waals surface area contributed by atoms with Crippen molar-refractivity contribution in [2.75, 3.05) is 0 Å². The Bertz CT molecular complexity index is 329. The molecule has 0 radical (unpaired) electrons. The summed E-state index contributed by atoms with van der Waals surface area (Å²) in [5.74, 6) is 4.78. The predicted molar refractivity (Wildman–Crippen MR) is 101 cm³/mol. The van der Waals surface area contributed by atoms with E-state index >= 15 is 0 Å². The van der Waals surface area contributed by atoms with Crippen molar-refractivity contribution in [2.45, 2.75) is 101 Å². The van der Waals surface area contributed by atoms with Crippen molar-refractivity contribution in [3.8, 4) is 0 Å². The van der Waals surface area contributed by atoms with E-state index in [1.165, 1.54) is 38.5 Å². The Morgan fingerprint density at radius 1 is 1.14 bits per heavy atom. The van der Waals surface area contributed by atoms with Gasteiger partial charge in [0.1, 0.15) is 0 Å². The van der Waals surface area contributed by atoms with Crippen molar-refractivity contribution in [1.82, 2.24) is 0 Å². The largest absolute Gasteiger partial charge is 0.0683 e. The third-order valence-electron chi connectivity index (χ3n) is 7.84. The van der Waals surface area contributed by atoms with Gasteiger partial charge in [0.25, 0.3) is 0 Å². The molecule has 0 nitrogen and oxygen atoms in total. The van der Waals surface area contributed by atoms with Gasteiger partial charge < -0.3 is 0 Å². The molecule has 2 aliphatic rings. The minimum Gasteiger partial charge on any atom is -0.0683 e. The lowest BCUT2D eigenvalue weighted by molar-refractivity contribution is 0.0421. The molecule has 0 aliphatic heterocycles. The van der Waals surface area contributed by atoms with E-state index in [0.29, 0.717) is 10.8 Å². The Balaban J connectivity index is 0.00000116. The number of hydrogen-bond donors (Lipinski definition) is 0. The van der Waals surface area contributed by atoms with Crippen LogP contribution in [0, 0.1) is 40.4 Å². The predicted octanol–water partition coefficient (Wildman–Crippen LogP) is 7.57. The fourth-order valence-corrected chi connectivity index (χ4v) is 5.29. The van der Waals surface area contributed by atoms with E-state index < -0.39 is 0 Å². The van der Waals surface area contributed by atoms with Crippen LogP contribution in [0.25, 0.3) is 0 Å². The molecule has 0 aromatic carbocycles. The van der Waals surface area contributed by atoms with E-state index in [2.05, 4.69) is 48.5 Å². The summed E-state index contributed by atoms with van der Waals surface area (Å²) in [5.41, 5.74) is 1.17. The first-order valence-electron chi connectivity index (χ1n) is 10.2. The van der Waals surface area contributed by atoms with Gasteiger partial charge in [-0.2, -0.15) is 0 Å². The average molecular weight is 309 g/mol. The highest BCUT2D eigenvalue weighted by atomic mass is 14.6. The molecule has 0 amide bonds. The highest BCUT2D eigenvalue weighted by Crippen LogP contribution is 2.61. The fraction of sp³-hybridized carbons (Fsp3) is 1.00. The lowest BCUT2D eigenvalue weighted by Gasteiger charge is -2.45. The summed E-state index contributed by atoms with van der Waals surface area (Å²) < 4.78 is 0. The lowest BCUT2D eigenvalue weighted by atomic mass is 9.60. The zero-order valence-electron chi connectivity index (χ0n) is 17.1. The molecule has 0 heterocycles. The molecule has 0 aromatic heterocycles. The SMILES string of the molecule is CC.CCC(C)(C)C(C)CC1CC(C)C2CC(C)CCC12C. The summed E-state index contributed by atoms with van der Waals surface area (Å²) in [6, 6.07) is 0. The quantitative estimate of drug-likeness (QED) is 0.502. The second-order valence-corrected chi connectivity index (χ2v) is 9.38. The summed E-state index contributed by atoms with van der Waals surface area (Å²) in [6.45, 7) is 21.5. The molecule has 0 spiro atoms. The van der Waals surface area contributed by atoms with Gasteiger partial charge in [0.15, 0.2) is 0 Å². The number of fused-ring (bicyclic) bond motifs is 1. The third-order valence-corrected chi connectivity index (χ3v) is 7.84. The minimum atomic E-state index is 0.514. The van der Waals surface area contributed by atoms with Gasteiger partial charge in [0, 0.05) is 0 Å². The van der Waals surface area contributed by atoms with Crippen molar-refractivity contribution >= 4 is 0 Å². The summed E-state index contributed by atoms with van der Waals surface area (Å²) in [4.78, 5) is 0. The van der Waals surface area contributed by atoms with Crippen molar-refractivity contribution in [3.63, 3.8) is 0 Å². The van der Waals surface area contributed by atoms with Crippen LogP contribution in [0.15, 0.2) is 0 Å². The van der Waals surface area contributed by atoms with E-state index in [4.69, 9.17) is 0 Å². The Labute approximate surface area is 141 Å². The second kappa shape index (κ2) is 7.71. The maximum atomic E-state index is 2.64. The molecule has 132 valence electrons. The Morgan fingerprint density at radius 2 is 1.73 bits per heavy atom. The van der Waals surface area contributed by atoms with E-state index in [1.54, 1.807) is 0 Å². The first-order valence-corrected chi connectivity index (χ1v) is 10.2. The standard InChI is InChI=1S/C20H38.C2H6/c1-8-19(5,6)16(4)13-17-12-15(3)18-11-14(2)9-10-20(17,18)7;1-2/h14-18H,8-13H2,1-7H3;1-2H3. The second-order valence-electron chi connectivity index (χ2n) is 9.38. The van der Waals surface area contributed by atoms with Crippen molar-refractivity contribution in [3.05, 3.63) is 0 Å². The zero-order chi connectivity index (χ0) is 17.1. The van der Waals surface area contributed by atoms with Gasteiger partial charge in [-0.3, -0.25) is 0 Å². The normalized spacial score (nSPS) is 39.7. The molecule has 0 bridgehead atoms. The zero-order valence-corrected chi connectivity index (χ0v) is 17.1. The summed E-state index contributed by atoms with van der Waals surface area (Å²) in [5, 5.41) is 0. The van der Waals surface area contributed by atoms with Crippen LogP contribution in [0.3, 0.4) is 0 Å². The highest BCUT2D eigenvalue weighted by molar-refractivity contribution is 5.01. The molecule has 2 saturated carbocycles. The number of rotatable bonds is 4. The Morgan fingerprint density at radius 3 is 2.27 bits per heavy atom. The molecule has 6 unspecified atom stereocenters. The minimum absolute atomic E-state index is 0.514. The first kappa shape index (κ1) is 20.0. The first-order chi connectivity index (χ1) is 10.2. The van der Waals surface area contributed by atoms with Crippen LogP contribution in [0.1, 0.15) is 101 Å². The third kappa shape index (κ3) is 3.90. The molecule has 0 aromatic rings. The molecule has 2 fully saturated rings. The number of hydrogen-bond acceptors (Lipinski definition) is 0. The Kier molecular flexibility index (Phi) is 7.03. The lowest BCUT2D eigenvalue weighted by Crippen LogP contribution is -2.37. The smallest absolute Gasteiger partial charge is 0.0266 e. The Hall–Kier alpha value is 0. The topological polar surface area (TPSA) is 0 Å². The average Bonchev–Trinajstić information content (AvgIpc) is 2.73. The van der Waals surface area contributed by atoms with Gasteiger partial charge >= 0.3 is 0 Å². The van der Waals surface area contributed by atoms with Crippen LogP contribution < -0.4 is 0 Å².